The van der Waals surface area contributed by atoms with Crippen LogP contribution in [0, 0.1) is 6.92 Å². The van der Waals surface area contributed by atoms with Crippen molar-refractivity contribution in [1.29, 1.82) is 0 Å². The Bertz CT molecular complexity index is 1680. The van der Waals surface area contributed by atoms with Gasteiger partial charge in [-0.3, -0.25) is 14.5 Å². The van der Waals surface area contributed by atoms with Crippen molar-refractivity contribution >= 4 is 56.5 Å². The molecule has 4 amide bonds. The third-order valence-corrected chi connectivity index (χ3v) is 8.03. The Balaban J connectivity index is 1.28. The minimum Gasteiger partial charge on any atom is -0.457 e. The average Bonchev–Trinajstić information content (AvgIpc) is 3.30. The number of aryl methyl sites for hydroxylation is 1. The molecule has 202 valence electrons. The summed E-state index contributed by atoms with van der Waals surface area (Å²) in [6.07, 6.45) is 5.64. The third kappa shape index (κ3) is 4.89. The molecule has 1 atom stereocenters. The summed E-state index contributed by atoms with van der Waals surface area (Å²) in [5.74, 6) is 1.04. The molecule has 10 heteroatoms. The molecule has 9 nitrogen and oxygen atoms in total. The van der Waals surface area contributed by atoms with Crippen LogP contribution in [0.2, 0.25) is 0 Å². The first-order valence-corrected chi connectivity index (χ1v) is 13.8. The van der Waals surface area contributed by atoms with Gasteiger partial charge in [0.15, 0.2) is 0 Å². The number of hydrogen-bond donors (Lipinski definition) is 3. The fraction of sp³-hybridized carbons (Fsp3) is 0.200. The van der Waals surface area contributed by atoms with Crippen LogP contribution in [0.4, 0.5) is 21.9 Å². The molecular weight excluding hydrogens is 526 g/mol. The number of carbonyl (C=O) groups excluding carboxylic acids is 3. The van der Waals surface area contributed by atoms with Crippen molar-refractivity contribution in [3.05, 3.63) is 83.0 Å². The molecule has 6 rings (SSSR count). The van der Waals surface area contributed by atoms with E-state index in [1.807, 2.05) is 61.5 Å². The van der Waals surface area contributed by atoms with E-state index in [4.69, 9.17) is 4.74 Å². The number of aromatic nitrogens is 1. The van der Waals surface area contributed by atoms with Gasteiger partial charge in [-0.25, -0.2) is 9.78 Å². The predicted molar refractivity (Wildman–Crippen MR) is 155 cm³/mol. The Kier molecular flexibility index (Phi) is 6.69. The summed E-state index contributed by atoms with van der Waals surface area (Å²) >= 11 is 1.25. The summed E-state index contributed by atoms with van der Waals surface area (Å²) in [6, 6.07) is 16.6. The number of hydrogen-bond acceptors (Lipinski definition) is 6. The predicted octanol–water partition coefficient (Wildman–Crippen LogP) is 6.38. The minimum absolute atomic E-state index is 0.0602. The van der Waals surface area contributed by atoms with Crippen LogP contribution in [-0.2, 0) is 4.79 Å². The van der Waals surface area contributed by atoms with Gasteiger partial charge in [-0.1, -0.05) is 24.3 Å². The van der Waals surface area contributed by atoms with Gasteiger partial charge < -0.3 is 20.7 Å². The van der Waals surface area contributed by atoms with E-state index < -0.39 is 0 Å². The molecule has 0 fully saturated rings. The highest BCUT2D eigenvalue weighted by atomic mass is 32.1. The molecule has 3 heterocycles. The van der Waals surface area contributed by atoms with Gasteiger partial charge in [0.2, 0.25) is 5.91 Å². The molecule has 0 spiro atoms. The summed E-state index contributed by atoms with van der Waals surface area (Å²) in [5.41, 5.74) is 3.49. The van der Waals surface area contributed by atoms with Crippen molar-refractivity contribution in [1.82, 2.24) is 15.6 Å². The lowest BCUT2D eigenvalue weighted by Crippen LogP contribution is -2.36. The summed E-state index contributed by atoms with van der Waals surface area (Å²) in [5, 5.41) is 9.59. The van der Waals surface area contributed by atoms with Gasteiger partial charge in [0.1, 0.15) is 21.2 Å². The van der Waals surface area contributed by atoms with E-state index in [1.54, 1.807) is 17.2 Å². The van der Waals surface area contributed by atoms with Crippen molar-refractivity contribution in [2.45, 2.75) is 39.2 Å². The maximum absolute atomic E-state index is 13.5. The van der Waals surface area contributed by atoms with Crippen LogP contribution in [0.5, 0.6) is 11.5 Å². The Hall–Kier alpha value is -4.70. The number of allylic oxidation sites excluding steroid dienone is 1. The van der Waals surface area contributed by atoms with Crippen LogP contribution in [0.15, 0.2) is 72.6 Å². The zero-order chi connectivity index (χ0) is 27.8. The first-order valence-electron chi connectivity index (χ1n) is 13.0. The molecule has 4 aromatic rings. The van der Waals surface area contributed by atoms with E-state index >= 15 is 0 Å². The Morgan fingerprint density at radius 1 is 1.10 bits per heavy atom. The second-order valence-electron chi connectivity index (χ2n) is 9.80. The van der Waals surface area contributed by atoms with Crippen LogP contribution in [0.25, 0.3) is 10.2 Å². The summed E-state index contributed by atoms with van der Waals surface area (Å²) in [7, 11) is 0. The number of ether oxygens (including phenoxy) is 1. The maximum Gasteiger partial charge on any atom is 0.331 e. The van der Waals surface area contributed by atoms with Gasteiger partial charge in [0.05, 0.1) is 22.4 Å². The highest BCUT2D eigenvalue weighted by molar-refractivity contribution is 7.21. The first kappa shape index (κ1) is 25.6. The number of thiophene rings is 1. The van der Waals surface area contributed by atoms with E-state index in [2.05, 4.69) is 20.9 Å². The van der Waals surface area contributed by atoms with Crippen molar-refractivity contribution in [3.63, 3.8) is 0 Å². The lowest BCUT2D eigenvalue weighted by Gasteiger charge is -2.29. The van der Waals surface area contributed by atoms with Crippen molar-refractivity contribution < 1.29 is 19.1 Å². The number of rotatable bonds is 6. The van der Waals surface area contributed by atoms with Gasteiger partial charge in [0, 0.05) is 24.9 Å². The smallest absolute Gasteiger partial charge is 0.331 e. The maximum atomic E-state index is 13.5. The number of para-hydroxylation sites is 1. The van der Waals surface area contributed by atoms with Gasteiger partial charge in [-0.2, -0.15) is 0 Å². The van der Waals surface area contributed by atoms with Crippen LogP contribution in [0.1, 0.15) is 41.4 Å². The first-order chi connectivity index (χ1) is 19.4. The molecule has 40 heavy (non-hydrogen) atoms. The lowest BCUT2D eigenvalue weighted by molar-refractivity contribution is -0.119. The summed E-state index contributed by atoms with van der Waals surface area (Å²) in [4.78, 5) is 45.3. The topological polar surface area (TPSA) is 113 Å². The largest absolute Gasteiger partial charge is 0.457 e. The van der Waals surface area contributed by atoms with Crippen LogP contribution >= 0.6 is 11.3 Å². The molecule has 1 aliphatic heterocycles. The summed E-state index contributed by atoms with van der Waals surface area (Å²) in [6.45, 7) is 3.43. The molecule has 1 unspecified atom stereocenters. The molecule has 2 aliphatic rings. The quantitative estimate of drug-likeness (QED) is 0.256. The van der Waals surface area contributed by atoms with Crippen LogP contribution in [-0.4, -0.2) is 28.9 Å². The number of pyridine rings is 1. The Morgan fingerprint density at radius 2 is 1.93 bits per heavy atom. The molecule has 0 bridgehead atoms. The van der Waals surface area contributed by atoms with Crippen LogP contribution < -0.4 is 25.6 Å². The number of urea groups is 1. The second-order valence-corrected chi connectivity index (χ2v) is 10.8. The molecule has 1 aliphatic carbocycles. The van der Waals surface area contributed by atoms with Gasteiger partial charge >= 0.3 is 6.03 Å². The SMILES string of the molecule is CC(=O)NC1CC=C(NC(=O)c2sc3nccc4c3c2NC(=O)N4c2ccc(Oc3ccccc3)cc2C)CC1. The second kappa shape index (κ2) is 10.5. The van der Waals surface area contributed by atoms with Crippen molar-refractivity contribution in [2.75, 3.05) is 10.2 Å². The normalized spacial score (nSPS) is 16.2. The molecule has 2 aromatic carbocycles. The number of nitrogens with zero attached hydrogens (tertiary/aromatic N) is 2. The van der Waals surface area contributed by atoms with Crippen LogP contribution in [0.3, 0.4) is 0 Å². The molecule has 0 saturated heterocycles. The highest BCUT2D eigenvalue weighted by Crippen LogP contribution is 2.46. The third-order valence-electron chi connectivity index (χ3n) is 6.93. The molecular formula is C30H27N5O4S. The van der Waals surface area contributed by atoms with E-state index in [0.29, 0.717) is 45.4 Å². The summed E-state index contributed by atoms with van der Waals surface area (Å²) < 4.78 is 5.96. The van der Waals surface area contributed by atoms with E-state index in [1.165, 1.54) is 18.3 Å². The fourth-order valence-electron chi connectivity index (χ4n) is 5.12. The molecule has 3 N–H and O–H groups in total. The van der Waals surface area contributed by atoms with E-state index in [9.17, 15) is 14.4 Å². The average molecular weight is 554 g/mol. The number of amides is 4. The molecule has 0 radical (unpaired) electrons. The zero-order valence-electron chi connectivity index (χ0n) is 22.0. The monoisotopic (exact) mass is 553 g/mol. The standard InChI is InChI=1S/C30H27N5O4S/c1-17-16-22(39-21-6-4-3-5-7-21)12-13-23(17)35-24-14-15-31-29-25(24)26(34-30(35)38)27(40-29)28(37)33-20-10-8-19(9-11-20)32-18(2)36/h3-7,10,12-16,19H,8-9,11H2,1-2H3,(H,32,36)(H,33,37)(H,34,38). The van der Waals surface area contributed by atoms with E-state index in [-0.39, 0.29) is 23.9 Å². The van der Waals surface area contributed by atoms with Crippen molar-refractivity contribution in [3.8, 4) is 11.5 Å². The molecule has 0 saturated carbocycles. The fourth-order valence-corrected chi connectivity index (χ4v) is 6.13. The van der Waals surface area contributed by atoms with Gasteiger partial charge in [0.25, 0.3) is 5.91 Å². The zero-order valence-corrected chi connectivity index (χ0v) is 22.8. The molecule has 2 aromatic heterocycles. The Morgan fingerprint density at radius 3 is 2.65 bits per heavy atom. The Labute approximate surface area is 234 Å². The number of carbonyl (C=O) groups is 3. The van der Waals surface area contributed by atoms with Gasteiger partial charge in [-0.15, -0.1) is 11.3 Å². The lowest BCUT2D eigenvalue weighted by atomic mass is 9.99. The number of anilines is 3. The number of nitrogens with one attached hydrogen (secondary N) is 3. The number of benzene rings is 2. The minimum atomic E-state index is -0.359. The van der Waals surface area contributed by atoms with E-state index in [0.717, 1.165) is 28.8 Å². The van der Waals surface area contributed by atoms with Crippen molar-refractivity contribution in [2.24, 2.45) is 0 Å². The van der Waals surface area contributed by atoms with Gasteiger partial charge in [-0.05, 0) is 68.1 Å². The highest BCUT2D eigenvalue weighted by Gasteiger charge is 2.33.